The van der Waals surface area contributed by atoms with Crippen LogP contribution in [-0.2, 0) is 9.53 Å². The van der Waals surface area contributed by atoms with Crippen molar-refractivity contribution in [1.82, 2.24) is 5.32 Å². The monoisotopic (exact) mass is 317 g/mol. The summed E-state index contributed by atoms with van der Waals surface area (Å²) in [5.41, 5.74) is 0.686. The number of carbonyl (C=O) groups excluding carboxylic acids is 1. The number of aliphatic hydroxyl groups is 1. The zero-order chi connectivity index (χ0) is 14.5. The van der Waals surface area contributed by atoms with Crippen molar-refractivity contribution in [2.75, 3.05) is 13.2 Å². The number of hydrogen-bond donors (Lipinski definition) is 2. The summed E-state index contributed by atoms with van der Waals surface area (Å²) in [6.07, 6.45) is 1.08. The number of carbonyl (C=O) groups is 1. The number of aliphatic hydroxyl groups excluding tert-OH is 1. The van der Waals surface area contributed by atoms with E-state index in [-0.39, 0.29) is 12.0 Å². The molecule has 0 aliphatic carbocycles. The normalized spacial score (nSPS) is 19.9. The van der Waals surface area contributed by atoms with Gasteiger partial charge < -0.3 is 15.2 Å². The van der Waals surface area contributed by atoms with Crippen LogP contribution in [0.5, 0.6) is 0 Å². The predicted molar refractivity (Wildman–Crippen MR) is 78.0 cm³/mol. The van der Waals surface area contributed by atoms with E-state index < -0.39 is 6.10 Å². The molecule has 0 aromatic heterocycles. The Balaban J connectivity index is 1.78. The molecule has 110 valence electrons. The van der Waals surface area contributed by atoms with E-state index in [1.807, 2.05) is 0 Å². The Hall–Kier alpha value is -0.810. The smallest absolute Gasteiger partial charge is 0.249 e. The van der Waals surface area contributed by atoms with Gasteiger partial charge >= 0.3 is 0 Å². The van der Waals surface area contributed by atoms with E-state index in [9.17, 15) is 9.90 Å². The lowest BCUT2D eigenvalue weighted by Crippen LogP contribution is -2.35. The highest BCUT2D eigenvalue weighted by Gasteiger charge is 2.23. The SMILES string of the molecule is O=C(NCCC(O)c1ccc(Cl)c(Cl)c1)[C@@H]1CCCO1. The second-order valence-electron chi connectivity index (χ2n) is 4.77. The topological polar surface area (TPSA) is 58.6 Å². The van der Waals surface area contributed by atoms with Crippen LogP contribution < -0.4 is 5.32 Å². The lowest BCUT2D eigenvalue weighted by atomic mass is 10.1. The van der Waals surface area contributed by atoms with Crippen molar-refractivity contribution in [2.45, 2.75) is 31.5 Å². The lowest BCUT2D eigenvalue weighted by Gasteiger charge is -2.14. The Morgan fingerprint density at radius 1 is 1.45 bits per heavy atom. The van der Waals surface area contributed by atoms with E-state index in [0.29, 0.717) is 35.2 Å². The van der Waals surface area contributed by atoms with Gasteiger partial charge in [0.15, 0.2) is 0 Å². The first-order chi connectivity index (χ1) is 9.58. The number of rotatable bonds is 5. The summed E-state index contributed by atoms with van der Waals surface area (Å²) in [6.45, 7) is 1.03. The Morgan fingerprint density at radius 3 is 2.90 bits per heavy atom. The van der Waals surface area contributed by atoms with E-state index in [4.69, 9.17) is 27.9 Å². The highest BCUT2D eigenvalue weighted by atomic mass is 35.5. The fraction of sp³-hybridized carbons (Fsp3) is 0.500. The van der Waals surface area contributed by atoms with Gasteiger partial charge in [0.05, 0.1) is 16.1 Å². The Morgan fingerprint density at radius 2 is 2.25 bits per heavy atom. The molecule has 0 radical (unpaired) electrons. The minimum absolute atomic E-state index is 0.108. The van der Waals surface area contributed by atoms with Gasteiger partial charge in [0.2, 0.25) is 5.91 Å². The van der Waals surface area contributed by atoms with Crippen molar-refractivity contribution in [1.29, 1.82) is 0 Å². The molecule has 1 unspecified atom stereocenters. The summed E-state index contributed by atoms with van der Waals surface area (Å²) in [7, 11) is 0. The maximum absolute atomic E-state index is 11.7. The first kappa shape index (κ1) is 15.6. The van der Waals surface area contributed by atoms with Gasteiger partial charge in [0.25, 0.3) is 0 Å². The summed E-state index contributed by atoms with van der Waals surface area (Å²) in [4.78, 5) is 11.7. The van der Waals surface area contributed by atoms with Crippen molar-refractivity contribution in [3.05, 3.63) is 33.8 Å². The number of hydrogen-bond acceptors (Lipinski definition) is 3. The van der Waals surface area contributed by atoms with E-state index in [2.05, 4.69) is 5.32 Å². The van der Waals surface area contributed by atoms with Crippen LogP contribution >= 0.6 is 23.2 Å². The molecule has 6 heteroatoms. The minimum atomic E-state index is -0.686. The van der Waals surface area contributed by atoms with Crippen molar-refractivity contribution in [3.63, 3.8) is 0 Å². The maximum atomic E-state index is 11.7. The van der Waals surface area contributed by atoms with Gasteiger partial charge in [0.1, 0.15) is 6.10 Å². The van der Waals surface area contributed by atoms with Crippen molar-refractivity contribution in [2.24, 2.45) is 0 Å². The highest BCUT2D eigenvalue weighted by Crippen LogP contribution is 2.26. The first-order valence-electron chi connectivity index (χ1n) is 6.60. The standard InChI is InChI=1S/C14H17Cl2NO3/c15-10-4-3-9(8-11(10)16)12(18)5-6-17-14(19)13-2-1-7-20-13/h3-4,8,12-13,18H,1-2,5-7H2,(H,17,19)/t12?,13-/m0/s1. The molecule has 0 spiro atoms. The van der Waals surface area contributed by atoms with Crippen LogP contribution in [-0.4, -0.2) is 30.3 Å². The minimum Gasteiger partial charge on any atom is -0.388 e. The van der Waals surface area contributed by atoms with E-state index >= 15 is 0 Å². The van der Waals surface area contributed by atoms with E-state index in [1.54, 1.807) is 18.2 Å². The quantitative estimate of drug-likeness (QED) is 0.877. The Kier molecular flexibility index (Phi) is 5.66. The van der Waals surface area contributed by atoms with Gasteiger partial charge in [-0.05, 0) is 37.0 Å². The molecule has 1 saturated heterocycles. The summed E-state index contributed by atoms with van der Waals surface area (Å²) < 4.78 is 5.28. The second-order valence-corrected chi connectivity index (χ2v) is 5.59. The number of amides is 1. The zero-order valence-corrected chi connectivity index (χ0v) is 12.5. The lowest BCUT2D eigenvalue weighted by molar-refractivity contribution is -0.130. The average Bonchev–Trinajstić information content (AvgIpc) is 2.95. The molecular weight excluding hydrogens is 301 g/mol. The first-order valence-corrected chi connectivity index (χ1v) is 7.36. The van der Waals surface area contributed by atoms with Crippen molar-refractivity contribution < 1.29 is 14.6 Å². The Labute approximate surface area is 128 Å². The van der Waals surface area contributed by atoms with Crippen LogP contribution in [0, 0.1) is 0 Å². The largest absolute Gasteiger partial charge is 0.388 e. The van der Waals surface area contributed by atoms with E-state index in [1.165, 1.54) is 0 Å². The third-order valence-corrected chi connectivity index (χ3v) is 4.01. The summed E-state index contributed by atoms with van der Waals surface area (Å²) in [5, 5.41) is 13.7. The van der Waals surface area contributed by atoms with Gasteiger partial charge in [-0.15, -0.1) is 0 Å². The molecule has 1 heterocycles. The third kappa shape index (κ3) is 4.09. The molecule has 2 atom stereocenters. The zero-order valence-electron chi connectivity index (χ0n) is 10.9. The summed E-state index contributed by atoms with van der Waals surface area (Å²) in [6, 6.07) is 5.00. The molecule has 0 bridgehead atoms. The molecule has 1 aromatic carbocycles. The molecule has 4 nitrogen and oxygen atoms in total. The third-order valence-electron chi connectivity index (χ3n) is 3.27. The van der Waals surface area contributed by atoms with Gasteiger partial charge in [0, 0.05) is 13.2 Å². The van der Waals surface area contributed by atoms with Crippen LogP contribution in [0.2, 0.25) is 10.0 Å². The van der Waals surface area contributed by atoms with Crippen LogP contribution in [0.3, 0.4) is 0 Å². The van der Waals surface area contributed by atoms with Gasteiger partial charge in [-0.3, -0.25) is 4.79 Å². The molecule has 0 saturated carbocycles. The van der Waals surface area contributed by atoms with Gasteiger partial charge in [-0.2, -0.15) is 0 Å². The molecule has 2 rings (SSSR count). The fourth-order valence-electron chi connectivity index (χ4n) is 2.12. The van der Waals surface area contributed by atoms with Crippen LogP contribution in [0.4, 0.5) is 0 Å². The van der Waals surface area contributed by atoms with Crippen LogP contribution in [0.25, 0.3) is 0 Å². The number of halogens is 2. The van der Waals surface area contributed by atoms with Crippen LogP contribution in [0.15, 0.2) is 18.2 Å². The predicted octanol–water partition coefficient (Wildman–Crippen LogP) is 2.71. The molecule has 1 aliphatic rings. The van der Waals surface area contributed by atoms with Gasteiger partial charge in [-0.1, -0.05) is 29.3 Å². The number of benzene rings is 1. The number of nitrogens with one attached hydrogen (secondary N) is 1. The molecule has 20 heavy (non-hydrogen) atoms. The maximum Gasteiger partial charge on any atom is 0.249 e. The molecule has 1 aliphatic heterocycles. The average molecular weight is 318 g/mol. The highest BCUT2D eigenvalue weighted by molar-refractivity contribution is 6.42. The molecule has 2 N–H and O–H groups in total. The fourth-order valence-corrected chi connectivity index (χ4v) is 2.42. The molecule has 1 fully saturated rings. The second kappa shape index (κ2) is 7.27. The van der Waals surface area contributed by atoms with Gasteiger partial charge in [-0.25, -0.2) is 0 Å². The number of ether oxygens (including phenoxy) is 1. The molecule has 1 amide bonds. The summed E-state index contributed by atoms with van der Waals surface area (Å²) in [5.74, 6) is -0.108. The van der Waals surface area contributed by atoms with E-state index in [0.717, 1.165) is 12.8 Å². The van der Waals surface area contributed by atoms with Crippen molar-refractivity contribution >= 4 is 29.1 Å². The molecular formula is C14H17Cl2NO3. The Bertz CT molecular complexity index is 475. The van der Waals surface area contributed by atoms with Crippen LogP contribution in [0.1, 0.15) is 30.9 Å². The summed E-state index contributed by atoms with van der Waals surface area (Å²) >= 11 is 11.7. The molecule has 1 aromatic rings. The van der Waals surface area contributed by atoms with Crippen molar-refractivity contribution in [3.8, 4) is 0 Å².